The lowest BCUT2D eigenvalue weighted by atomic mass is 10.1. The summed E-state index contributed by atoms with van der Waals surface area (Å²) in [6.45, 7) is 0.182. The van der Waals surface area contributed by atoms with Crippen LogP contribution < -0.4 is 5.32 Å². The summed E-state index contributed by atoms with van der Waals surface area (Å²) in [7, 11) is 0. The molecule has 2 atom stereocenters. The molecular weight excluding hydrogens is 508 g/mol. The fourth-order valence-corrected chi connectivity index (χ4v) is 5.29. The molecule has 182 valence electrons. The molecule has 2 amide bonds. The van der Waals surface area contributed by atoms with Crippen LogP contribution in [0.1, 0.15) is 16.7 Å². The van der Waals surface area contributed by atoms with E-state index in [-0.39, 0.29) is 35.1 Å². The second-order valence-corrected chi connectivity index (χ2v) is 9.64. The molecule has 1 aromatic heterocycles. The molecule has 1 N–H and O–H groups in total. The second kappa shape index (κ2) is 8.96. The van der Waals surface area contributed by atoms with E-state index in [1.54, 1.807) is 18.2 Å². The number of hydrogen-bond acceptors (Lipinski definition) is 5. The largest absolute Gasteiger partial charge is 0.416 e. The summed E-state index contributed by atoms with van der Waals surface area (Å²) in [4.78, 5) is 26.3. The number of halogens is 5. The molecule has 12 heteroatoms. The van der Waals surface area contributed by atoms with Crippen molar-refractivity contribution in [2.75, 3.05) is 13.1 Å². The van der Waals surface area contributed by atoms with Crippen LogP contribution in [0.3, 0.4) is 0 Å². The van der Waals surface area contributed by atoms with Gasteiger partial charge in [-0.2, -0.15) is 18.3 Å². The van der Waals surface area contributed by atoms with Gasteiger partial charge >= 0.3 is 6.18 Å². The van der Waals surface area contributed by atoms with E-state index in [1.165, 1.54) is 29.1 Å². The summed E-state index contributed by atoms with van der Waals surface area (Å²) in [6.07, 6.45) is -2.82. The van der Waals surface area contributed by atoms with Crippen molar-refractivity contribution in [2.45, 2.75) is 24.9 Å². The van der Waals surface area contributed by atoms with Gasteiger partial charge in [-0.1, -0.05) is 23.7 Å². The van der Waals surface area contributed by atoms with Crippen LogP contribution in [0, 0.1) is 0 Å². The molecule has 2 aliphatic rings. The molecule has 0 aliphatic carbocycles. The second-order valence-electron chi connectivity index (χ2n) is 8.21. The average molecular weight is 525 g/mol. The van der Waals surface area contributed by atoms with Crippen molar-refractivity contribution in [1.82, 2.24) is 20.0 Å². The zero-order chi connectivity index (χ0) is 24.9. The Balaban J connectivity index is 1.41. The maximum atomic E-state index is 14.1. The normalized spacial score (nSPS) is 22.2. The smallest absolute Gasteiger partial charge is 0.312 e. The average Bonchev–Trinajstić information content (AvgIpc) is 3.46. The number of fused-ring (bicyclic) bond motifs is 1. The standard InChI is InChI=1S/C23H17ClF4N4O2S/c24-15-3-2-13(16(7-15)23(26,27)28)11-31-18-4-1-12(5-14(18)8-30-31)6-20-21(33)32(22(34)35-20)19-10-29-9-17(19)25/h1-8,17,19,29H,9-11H2/b20-6-/t17-,19-/m1/s1. The minimum Gasteiger partial charge on any atom is -0.312 e. The Kier molecular flexibility index (Phi) is 6.10. The van der Waals surface area contributed by atoms with E-state index >= 15 is 0 Å². The number of carbonyl (C=O) groups is 2. The van der Waals surface area contributed by atoms with Crippen molar-refractivity contribution in [3.05, 3.63) is 69.2 Å². The maximum Gasteiger partial charge on any atom is 0.416 e. The van der Waals surface area contributed by atoms with E-state index in [2.05, 4.69) is 10.4 Å². The summed E-state index contributed by atoms with van der Waals surface area (Å²) in [6, 6.07) is 7.86. The van der Waals surface area contributed by atoms with Gasteiger partial charge in [0.25, 0.3) is 11.1 Å². The van der Waals surface area contributed by atoms with Gasteiger partial charge in [0.15, 0.2) is 0 Å². The van der Waals surface area contributed by atoms with E-state index in [4.69, 9.17) is 11.6 Å². The lowest BCUT2D eigenvalue weighted by Crippen LogP contribution is -2.44. The molecule has 6 nitrogen and oxygen atoms in total. The predicted octanol–water partition coefficient (Wildman–Crippen LogP) is 5.10. The Hall–Kier alpha value is -2.89. The fourth-order valence-electron chi connectivity index (χ4n) is 4.24. The Labute approximate surface area is 205 Å². The number of carbonyl (C=O) groups excluding carboxylic acids is 2. The summed E-state index contributed by atoms with van der Waals surface area (Å²) in [5.41, 5.74) is 0.396. The predicted molar refractivity (Wildman–Crippen MR) is 125 cm³/mol. The summed E-state index contributed by atoms with van der Waals surface area (Å²) in [5.74, 6) is -0.547. The number of hydrogen-bond donors (Lipinski definition) is 1. The van der Waals surface area contributed by atoms with Crippen LogP contribution in [0.5, 0.6) is 0 Å². The number of alkyl halides is 4. The molecule has 5 rings (SSSR count). The lowest BCUT2D eigenvalue weighted by molar-refractivity contribution is -0.138. The Morgan fingerprint density at radius 2 is 1.97 bits per heavy atom. The van der Waals surface area contributed by atoms with Crippen LogP contribution in [0.25, 0.3) is 17.0 Å². The molecule has 2 aromatic carbocycles. The molecular formula is C23H17ClF4N4O2S. The molecule has 0 bridgehead atoms. The highest BCUT2D eigenvalue weighted by Gasteiger charge is 2.44. The van der Waals surface area contributed by atoms with E-state index in [9.17, 15) is 27.2 Å². The first-order chi connectivity index (χ1) is 16.6. The van der Waals surface area contributed by atoms with Gasteiger partial charge in [0.1, 0.15) is 6.17 Å². The molecule has 2 saturated heterocycles. The summed E-state index contributed by atoms with van der Waals surface area (Å²) >= 11 is 6.51. The van der Waals surface area contributed by atoms with Crippen LogP contribution in [-0.4, -0.2) is 51.1 Å². The number of thioether (sulfide) groups is 1. The molecule has 2 fully saturated rings. The zero-order valence-corrected chi connectivity index (χ0v) is 19.4. The maximum absolute atomic E-state index is 14.1. The molecule has 0 radical (unpaired) electrons. The quantitative estimate of drug-likeness (QED) is 0.380. The number of nitrogens with zero attached hydrogens (tertiary/aromatic N) is 3. The zero-order valence-electron chi connectivity index (χ0n) is 17.9. The van der Waals surface area contributed by atoms with Crippen molar-refractivity contribution in [1.29, 1.82) is 0 Å². The van der Waals surface area contributed by atoms with Gasteiger partial charge in [-0.3, -0.25) is 19.2 Å². The van der Waals surface area contributed by atoms with Gasteiger partial charge in [-0.15, -0.1) is 0 Å². The SMILES string of the molecule is O=C1S/C(=C\c2ccc3c(cnn3Cc3ccc(Cl)cc3C(F)(F)F)c2)C(=O)N1[C@@H]1CNC[C@H]1F. The molecule has 0 saturated carbocycles. The van der Waals surface area contributed by atoms with Gasteiger partial charge in [0, 0.05) is 23.5 Å². The molecule has 2 aliphatic heterocycles. The van der Waals surface area contributed by atoms with Gasteiger partial charge in [-0.05, 0) is 53.2 Å². The van der Waals surface area contributed by atoms with Crippen LogP contribution in [0.15, 0.2) is 47.5 Å². The monoisotopic (exact) mass is 524 g/mol. The Morgan fingerprint density at radius 1 is 1.17 bits per heavy atom. The minimum atomic E-state index is -4.56. The third-order valence-corrected chi connectivity index (χ3v) is 7.05. The first-order valence-corrected chi connectivity index (χ1v) is 11.7. The lowest BCUT2D eigenvalue weighted by Gasteiger charge is -2.21. The highest BCUT2D eigenvalue weighted by Crippen LogP contribution is 2.36. The van der Waals surface area contributed by atoms with Crippen LogP contribution in [-0.2, 0) is 17.5 Å². The highest BCUT2D eigenvalue weighted by atomic mass is 35.5. The van der Waals surface area contributed by atoms with E-state index in [0.29, 0.717) is 16.5 Å². The van der Waals surface area contributed by atoms with Crippen molar-refractivity contribution >= 4 is 51.5 Å². The Morgan fingerprint density at radius 3 is 2.69 bits per heavy atom. The number of aromatic nitrogens is 2. The third kappa shape index (κ3) is 4.55. The third-order valence-electron chi connectivity index (χ3n) is 5.93. The van der Waals surface area contributed by atoms with Gasteiger partial charge < -0.3 is 5.32 Å². The van der Waals surface area contributed by atoms with Crippen LogP contribution in [0.2, 0.25) is 5.02 Å². The van der Waals surface area contributed by atoms with E-state index in [0.717, 1.165) is 22.7 Å². The van der Waals surface area contributed by atoms with Crippen molar-refractivity contribution in [3.63, 3.8) is 0 Å². The number of nitrogens with one attached hydrogen (secondary N) is 1. The van der Waals surface area contributed by atoms with Crippen molar-refractivity contribution in [3.8, 4) is 0 Å². The Bertz CT molecular complexity index is 1370. The number of rotatable bonds is 4. The topological polar surface area (TPSA) is 67.2 Å². The summed E-state index contributed by atoms with van der Waals surface area (Å²) in [5, 5.41) is 7.17. The van der Waals surface area contributed by atoms with Crippen molar-refractivity contribution in [2.24, 2.45) is 0 Å². The summed E-state index contributed by atoms with van der Waals surface area (Å²) < 4.78 is 55.9. The highest BCUT2D eigenvalue weighted by molar-refractivity contribution is 8.18. The molecule has 35 heavy (non-hydrogen) atoms. The molecule has 0 spiro atoms. The van der Waals surface area contributed by atoms with Gasteiger partial charge in [0.05, 0.1) is 34.8 Å². The molecule has 0 unspecified atom stereocenters. The van der Waals surface area contributed by atoms with Crippen LogP contribution >= 0.6 is 23.4 Å². The first kappa shape index (κ1) is 23.8. The number of benzene rings is 2. The minimum absolute atomic E-state index is 0.00770. The molecule has 3 heterocycles. The first-order valence-electron chi connectivity index (χ1n) is 10.5. The van der Waals surface area contributed by atoms with Crippen LogP contribution in [0.4, 0.5) is 22.4 Å². The fraction of sp³-hybridized carbons (Fsp3) is 0.261. The van der Waals surface area contributed by atoms with Crippen molar-refractivity contribution < 1.29 is 27.2 Å². The van der Waals surface area contributed by atoms with Gasteiger partial charge in [-0.25, -0.2) is 4.39 Å². The molecule has 3 aromatic rings. The number of amides is 2. The number of imide groups is 1. The van der Waals surface area contributed by atoms with Gasteiger partial charge in [0.2, 0.25) is 0 Å². The van der Waals surface area contributed by atoms with E-state index < -0.39 is 35.1 Å². The van der Waals surface area contributed by atoms with E-state index in [1.807, 2.05) is 0 Å².